The van der Waals surface area contributed by atoms with Crippen molar-refractivity contribution < 1.29 is 14.6 Å². The molecular formula is C11H15O3-. The van der Waals surface area contributed by atoms with Crippen molar-refractivity contribution in [3.8, 4) is 0 Å². The average molecular weight is 195 g/mol. The van der Waals surface area contributed by atoms with E-state index >= 15 is 0 Å². The zero-order valence-corrected chi connectivity index (χ0v) is 8.74. The van der Waals surface area contributed by atoms with Crippen molar-refractivity contribution in [1.82, 2.24) is 0 Å². The molecule has 14 heavy (non-hydrogen) atoms. The van der Waals surface area contributed by atoms with Gasteiger partial charge >= 0.3 is 0 Å². The molecule has 0 aromatic carbocycles. The standard InChI is InChI=1S/C11H16O3/c1-8(2)11(3,10(12)13)9-5-4-6-14-7-9/h4-5,7-8H,6H2,1-3H3,(H,12,13)/p-1. The minimum atomic E-state index is -1.06. The zero-order chi connectivity index (χ0) is 10.8. The van der Waals surface area contributed by atoms with Crippen molar-refractivity contribution in [2.24, 2.45) is 11.3 Å². The minimum Gasteiger partial charge on any atom is -0.549 e. The normalized spacial score (nSPS) is 19.9. The van der Waals surface area contributed by atoms with Crippen molar-refractivity contribution in [1.29, 1.82) is 0 Å². The molecule has 0 N–H and O–H groups in total. The number of hydrogen-bond donors (Lipinski definition) is 0. The van der Waals surface area contributed by atoms with Crippen LogP contribution in [0.25, 0.3) is 0 Å². The monoisotopic (exact) mass is 195 g/mol. The largest absolute Gasteiger partial charge is 0.549 e. The Morgan fingerprint density at radius 1 is 1.64 bits per heavy atom. The first-order valence-electron chi connectivity index (χ1n) is 4.69. The maximum Gasteiger partial charge on any atom is 0.106 e. The molecule has 3 heteroatoms. The molecule has 1 aliphatic heterocycles. The van der Waals surface area contributed by atoms with Crippen molar-refractivity contribution in [2.75, 3.05) is 6.61 Å². The Balaban J connectivity index is 3.05. The molecule has 0 amide bonds. The number of carboxylic acids is 1. The van der Waals surface area contributed by atoms with Gasteiger partial charge in [0.05, 0.1) is 12.2 Å². The molecule has 1 rings (SSSR count). The summed E-state index contributed by atoms with van der Waals surface area (Å²) < 4.78 is 5.09. The number of hydrogen-bond acceptors (Lipinski definition) is 3. The van der Waals surface area contributed by atoms with Gasteiger partial charge in [-0.1, -0.05) is 19.9 Å². The first-order valence-corrected chi connectivity index (χ1v) is 4.69. The lowest BCUT2D eigenvalue weighted by Gasteiger charge is -2.36. The Bertz CT molecular complexity index is 289. The van der Waals surface area contributed by atoms with Gasteiger partial charge in [-0.3, -0.25) is 0 Å². The molecule has 0 aliphatic carbocycles. The van der Waals surface area contributed by atoms with E-state index in [2.05, 4.69) is 0 Å². The third kappa shape index (κ3) is 1.67. The maximum absolute atomic E-state index is 11.1. The SMILES string of the molecule is CC(C)C(C)(C(=O)[O-])C1=COCC=C1. The summed E-state index contributed by atoms with van der Waals surface area (Å²) >= 11 is 0. The van der Waals surface area contributed by atoms with Gasteiger partial charge in [-0.25, -0.2) is 0 Å². The van der Waals surface area contributed by atoms with E-state index in [0.29, 0.717) is 12.2 Å². The Morgan fingerprint density at radius 2 is 2.29 bits per heavy atom. The van der Waals surface area contributed by atoms with E-state index in [1.54, 1.807) is 19.1 Å². The fourth-order valence-corrected chi connectivity index (χ4v) is 1.39. The van der Waals surface area contributed by atoms with E-state index in [1.807, 2.05) is 13.8 Å². The lowest BCUT2D eigenvalue weighted by molar-refractivity contribution is -0.318. The number of carboxylic acid groups (broad SMARTS) is 1. The Kier molecular flexibility index (Phi) is 2.99. The summed E-state index contributed by atoms with van der Waals surface area (Å²) in [6.45, 7) is 5.89. The second-order valence-electron chi connectivity index (χ2n) is 3.95. The Labute approximate surface area is 84.1 Å². The summed E-state index contributed by atoms with van der Waals surface area (Å²) in [5.74, 6) is -1.10. The molecule has 3 nitrogen and oxygen atoms in total. The van der Waals surface area contributed by atoms with Gasteiger partial charge in [0.15, 0.2) is 0 Å². The highest BCUT2D eigenvalue weighted by Crippen LogP contribution is 2.36. The molecule has 0 bridgehead atoms. The zero-order valence-electron chi connectivity index (χ0n) is 8.74. The van der Waals surface area contributed by atoms with Crippen molar-refractivity contribution >= 4 is 5.97 Å². The van der Waals surface area contributed by atoms with E-state index in [4.69, 9.17) is 4.74 Å². The van der Waals surface area contributed by atoms with Crippen LogP contribution in [0.4, 0.5) is 0 Å². The van der Waals surface area contributed by atoms with Crippen LogP contribution in [0.3, 0.4) is 0 Å². The molecular weight excluding hydrogens is 180 g/mol. The van der Waals surface area contributed by atoms with E-state index in [9.17, 15) is 9.90 Å². The smallest absolute Gasteiger partial charge is 0.106 e. The van der Waals surface area contributed by atoms with Crippen LogP contribution in [-0.2, 0) is 9.53 Å². The van der Waals surface area contributed by atoms with Gasteiger partial charge in [-0.15, -0.1) is 0 Å². The van der Waals surface area contributed by atoms with Crippen LogP contribution in [0, 0.1) is 11.3 Å². The summed E-state index contributed by atoms with van der Waals surface area (Å²) in [4.78, 5) is 11.1. The molecule has 1 heterocycles. The fraction of sp³-hybridized carbons (Fsp3) is 0.545. The average Bonchev–Trinajstić information content (AvgIpc) is 2.17. The summed E-state index contributed by atoms with van der Waals surface area (Å²) in [5, 5.41) is 11.1. The van der Waals surface area contributed by atoms with Gasteiger partial charge in [0.1, 0.15) is 6.61 Å². The lowest BCUT2D eigenvalue weighted by Crippen LogP contribution is -2.45. The first kappa shape index (κ1) is 10.8. The molecule has 0 aromatic rings. The predicted molar refractivity (Wildman–Crippen MR) is 51.1 cm³/mol. The number of rotatable bonds is 3. The Hall–Kier alpha value is -1.25. The minimum absolute atomic E-state index is 0.0369. The molecule has 78 valence electrons. The van der Waals surface area contributed by atoms with Crippen LogP contribution in [-0.4, -0.2) is 12.6 Å². The molecule has 0 radical (unpaired) electrons. The Morgan fingerprint density at radius 3 is 2.64 bits per heavy atom. The topological polar surface area (TPSA) is 49.4 Å². The van der Waals surface area contributed by atoms with Crippen LogP contribution < -0.4 is 5.11 Å². The molecule has 1 atom stereocenters. The van der Waals surface area contributed by atoms with E-state index in [-0.39, 0.29) is 5.92 Å². The number of allylic oxidation sites excluding steroid dienone is 1. The summed E-state index contributed by atoms with van der Waals surface area (Å²) in [5.41, 5.74) is -0.310. The molecule has 0 aromatic heterocycles. The molecule has 1 unspecified atom stereocenters. The van der Waals surface area contributed by atoms with Gasteiger partial charge in [-0.05, 0) is 24.5 Å². The quantitative estimate of drug-likeness (QED) is 0.671. The highest BCUT2D eigenvalue weighted by atomic mass is 16.5. The second kappa shape index (κ2) is 3.86. The van der Waals surface area contributed by atoms with Crippen LogP contribution in [0.15, 0.2) is 24.0 Å². The summed E-state index contributed by atoms with van der Waals surface area (Å²) in [6, 6.07) is 0. The highest BCUT2D eigenvalue weighted by Gasteiger charge is 2.33. The molecule has 0 saturated heterocycles. The van der Waals surface area contributed by atoms with Crippen LogP contribution >= 0.6 is 0 Å². The first-order chi connectivity index (χ1) is 6.49. The highest BCUT2D eigenvalue weighted by molar-refractivity contribution is 5.77. The molecule has 0 fully saturated rings. The molecule has 0 spiro atoms. The maximum atomic E-state index is 11.1. The lowest BCUT2D eigenvalue weighted by atomic mass is 9.73. The van der Waals surface area contributed by atoms with Gasteiger partial charge in [0.25, 0.3) is 0 Å². The summed E-state index contributed by atoms with van der Waals surface area (Å²) in [7, 11) is 0. The third-order valence-electron chi connectivity index (χ3n) is 2.88. The van der Waals surface area contributed by atoms with Gasteiger partial charge in [0.2, 0.25) is 0 Å². The number of aliphatic carboxylic acids is 1. The summed E-state index contributed by atoms with van der Waals surface area (Å²) in [6.07, 6.45) is 5.11. The number of carbonyl (C=O) groups excluding carboxylic acids is 1. The number of ether oxygens (including phenoxy) is 1. The van der Waals surface area contributed by atoms with Crippen molar-refractivity contribution in [3.05, 3.63) is 24.0 Å². The third-order valence-corrected chi connectivity index (χ3v) is 2.88. The van der Waals surface area contributed by atoms with Crippen LogP contribution in [0.2, 0.25) is 0 Å². The predicted octanol–water partition coefficient (Wildman–Crippen LogP) is 0.869. The number of carbonyl (C=O) groups is 1. The fourth-order valence-electron chi connectivity index (χ4n) is 1.39. The van der Waals surface area contributed by atoms with Crippen molar-refractivity contribution in [3.63, 3.8) is 0 Å². The van der Waals surface area contributed by atoms with Gasteiger partial charge in [-0.2, -0.15) is 0 Å². The van der Waals surface area contributed by atoms with Crippen LogP contribution in [0.5, 0.6) is 0 Å². The van der Waals surface area contributed by atoms with Gasteiger partial charge in [0, 0.05) is 5.41 Å². The van der Waals surface area contributed by atoms with E-state index in [0.717, 1.165) is 0 Å². The second-order valence-corrected chi connectivity index (χ2v) is 3.95. The van der Waals surface area contributed by atoms with E-state index < -0.39 is 11.4 Å². The molecule has 0 saturated carbocycles. The van der Waals surface area contributed by atoms with Crippen molar-refractivity contribution in [2.45, 2.75) is 20.8 Å². The molecule has 1 aliphatic rings. The van der Waals surface area contributed by atoms with Crippen LogP contribution in [0.1, 0.15) is 20.8 Å². The van der Waals surface area contributed by atoms with Gasteiger partial charge < -0.3 is 14.6 Å². The van der Waals surface area contributed by atoms with E-state index in [1.165, 1.54) is 6.26 Å².